The monoisotopic (exact) mass is 1300 g/mol. The first kappa shape index (κ1) is 70.8. The van der Waals surface area contributed by atoms with Crippen LogP contribution in [0.2, 0.25) is 0 Å². The summed E-state index contributed by atoms with van der Waals surface area (Å²) in [6.07, 6.45) is -7.32. The molecule has 92 heavy (non-hydrogen) atoms. The largest absolute Gasteiger partial charge is 0.481 e. The molecule has 29 nitrogen and oxygen atoms in total. The summed E-state index contributed by atoms with van der Waals surface area (Å²) < 4.78 is 32.2. The van der Waals surface area contributed by atoms with Crippen molar-refractivity contribution >= 4 is 77.4 Å². The lowest BCUT2D eigenvalue weighted by atomic mass is 9.55. The molecular weight excluding hydrogens is 1220 g/mol. The van der Waals surface area contributed by atoms with Crippen LogP contribution in [0.3, 0.4) is 0 Å². The third-order valence-electron chi connectivity index (χ3n) is 20.8. The molecule has 1 unspecified atom stereocenters. The van der Waals surface area contributed by atoms with Crippen molar-refractivity contribution in [3.05, 3.63) is 63.9 Å². The number of carboxylic acid groups (broad SMARTS) is 1. The number of allylic oxidation sites excluding steroid dienone is 3. The Balaban J connectivity index is 1.22. The Kier molecular flexibility index (Phi) is 20.0. The van der Waals surface area contributed by atoms with Crippen molar-refractivity contribution in [3.63, 3.8) is 0 Å². The van der Waals surface area contributed by atoms with Crippen LogP contribution in [-0.4, -0.2) is 160 Å². The molecule has 8 rings (SSSR count). The van der Waals surface area contributed by atoms with Crippen molar-refractivity contribution in [2.75, 3.05) is 19.8 Å². The van der Waals surface area contributed by atoms with Crippen molar-refractivity contribution in [1.82, 2.24) is 20.2 Å². The molecule has 30 heteroatoms. The summed E-state index contributed by atoms with van der Waals surface area (Å²) >= 11 is 0. The Labute approximate surface area is 532 Å². The molecule has 1 aromatic carbocycles. The lowest BCUT2D eigenvalue weighted by Crippen LogP contribution is -2.56. The second kappa shape index (κ2) is 26.0. The number of aliphatic carboxylic acids is 1. The molecule has 15 atom stereocenters. The van der Waals surface area contributed by atoms with Gasteiger partial charge in [-0.25, -0.2) is 9.55 Å². The van der Waals surface area contributed by atoms with E-state index in [0.717, 1.165) is 11.1 Å². The van der Waals surface area contributed by atoms with Gasteiger partial charge in [0.25, 0.3) is 0 Å². The maximum atomic E-state index is 14.4. The van der Waals surface area contributed by atoms with Crippen LogP contribution in [0.5, 0.6) is 0 Å². The number of aryl methyl sites for hydroxylation is 2. The van der Waals surface area contributed by atoms with Crippen molar-refractivity contribution in [2.45, 2.75) is 188 Å². The van der Waals surface area contributed by atoms with Gasteiger partial charge in [0.2, 0.25) is 35.4 Å². The molecule has 6 amide bonds. The van der Waals surface area contributed by atoms with Gasteiger partial charge >= 0.3 is 13.8 Å². The predicted octanol–water partition coefficient (Wildman–Crippen LogP) is 1.85. The minimum absolute atomic E-state index is 0.0331. The highest BCUT2D eigenvalue weighted by atomic mass is 31.2. The average Bonchev–Trinajstić information content (AvgIpc) is 1.53. The zero-order valence-corrected chi connectivity index (χ0v) is 54.5. The van der Waals surface area contributed by atoms with E-state index in [-0.39, 0.29) is 67.7 Å². The SMILES string of the molecule is C/C1=C2N=C(/C=C3\N/C(=C(/CO)C4=N[C@](C)([C@@H]5N=C1[C@](C)(CCC(=O)NC[C@@H](C)OP(=O)(O)O[C@H]1[C@@H](O)[C@@H](n6cnc7cc(C)c(C)cc76)O[C@@H]1CO)[C@H]5CC(N)=O)[C@@](C)(CC(N)=O)[C@@H]4CCC(N)=O)[C@](C)(CC(=O)O)[C@]3(O)CCC(N)=O)C(C)(C)[C@@H]/2CCC(N)=O. The molecule has 7 heterocycles. The van der Waals surface area contributed by atoms with Crippen LogP contribution in [0.25, 0.3) is 11.0 Å². The number of aliphatic hydroxyl groups excluding tert-OH is 3. The normalized spacial score (nSPS) is 34.6. The summed E-state index contributed by atoms with van der Waals surface area (Å²) in [5.74, 6) is -8.57. The lowest BCUT2D eigenvalue weighted by Gasteiger charge is -2.48. The number of fused-ring (bicyclic) bond motifs is 7. The van der Waals surface area contributed by atoms with Gasteiger partial charge in [-0.3, -0.25) is 57.6 Å². The molecule has 0 spiro atoms. The number of nitrogens with two attached hydrogens (primary N) is 5. The van der Waals surface area contributed by atoms with E-state index >= 15 is 0 Å². The molecule has 8 bridgehead atoms. The van der Waals surface area contributed by atoms with Crippen LogP contribution >= 0.6 is 7.82 Å². The van der Waals surface area contributed by atoms with E-state index in [1.807, 2.05) is 39.8 Å². The number of nitrogens with one attached hydrogen (secondary N) is 2. The molecule has 1 aromatic heterocycles. The van der Waals surface area contributed by atoms with Crippen LogP contribution in [0.1, 0.15) is 143 Å². The fraction of sp³-hybridized carbons (Fsp3) is 0.629. The number of nitrogens with zero attached hydrogens (tertiary/aromatic N) is 5. The van der Waals surface area contributed by atoms with Gasteiger partial charge in [0.05, 0.1) is 60.1 Å². The number of carbonyl (C=O) groups is 7. The third kappa shape index (κ3) is 12.9. The number of aromatic nitrogens is 2. The molecule has 504 valence electrons. The Morgan fingerprint density at radius 1 is 0.859 bits per heavy atom. The number of carbonyl (C=O) groups excluding carboxylic acids is 6. The van der Waals surface area contributed by atoms with E-state index in [0.29, 0.717) is 33.7 Å². The molecular formula is C62H89N12O17P. The number of hydrogen-bond donors (Lipinski definition) is 13. The van der Waals surface area contributed by atoms with Gasteiger partial charge in [-0.05, 0) is 95.2 Å². The third-order valence-corrected chi connectivity index (χ3v) is 21.9. The zero-order valence-electron chi connectivity index (χ0n) is 53.6. The second-order valence-electron chi connectivity index (χ2n) is 27.2. The van der Waals surface area contributed by atoms with Crippen LogP contribution in [-0.2, 0) is 51.9 Å². The van der Waals surface area contributed by atoms with Crippen LogP contribution in [0.15, 0.2) is 67.8 Å². The standard InChI is InChI=1S/C62H89N12O17P/c1-29-19-37-38(20-30(29)2)74(28-69-37)56-51(85)52(39(27-76)89-56)91-92(87,88)90-31(3)25-68-47(82)16-17-58(7)36(21-45(66)80)55-61(10)59(8,23-46(67)81)35(12-14-43(64)78)50(73-61)33(26-75)54-60(9,24-48(83)84)62(86,18-15-44(65)79)41(71-54)22-40-57(5,6)34(11-13-42(63)77)49(70-40)32(4)53(58)72-55/h19-20,22,28,31,34-36,39,51-52,55-56,71,75-76,85-86H,11-18,21,23-27H2,1-10H3,(H2,63,77)(H2,64,78)(H2,65,79)(H2,66,80)(H2,67,81)(H,68,82)(H,83,84)(H,87,88)/b41-22-,49-32-,54-33-/t31-,34-,35-,36+,39-,51-,52-,55-,56+,58-,59+,60+,61-,62+/m1/s1. The van der Waals surface area contributed by atoms with Gasteiger partial charge in [0.1, 0.15) is 23.9 Å². The summed E-state index contributed by atoms with van der Waals surface area (Å²) in [6, 6.07) is 2.51. The highest BCUT2D eigenvalue weighted by molar-refractivity contribution is 7.47. The Morgan fingerprint density at radius 3 is 2.08 bits per heavy atom. The number of amides is 6. The summed E-state index contributed by atoms with van der Waals surface area (Å²) in [4.78, 5) is 125. The summed E-state index contributed by atoms with van der Waals surface area (Å²) in [5, 5.41) is 63.8. The minimum atomic E-state index is -5.10. The number of aliphatic hydroxyl groups is 4. The second-order valence-corrected chi connectivity index (χ2v) is 28.5. The zero-order chi connectivity index (χ0) is 68.3. The number of ether oxygens (including phenoxy) is 1. The molecule has 0 saturated carbocycles. The maximum absolute atomic E-state index is 14.4. The average molecular weight is 1310 g/mol. The topological polar surface area (TPSA) is 495 Å². The first-order valence-corrected chi connectivity index (χ1v) is 32.3. The smallest absolute Gasteiger partial charge is 0.472 e. The lowest BCUT2D eigenvalue weighted by molar-refractivity contribution is -0.142. The van der Waals surface area contributed by atoms with Gasteiger partial charge < -0.3 is 79.0 Å². The predicted molar refractivity (Wildman–Crippen MR) is 335 cm³/mol. The number of rotatable bonds is 27. The molecule has 0 aliphatic carbocycles. The quantitative estimate of drug-likeness (QED) is 0.0568. The number of hydrogen-bond acceptors (Lipinski definition) is 20. The first-order chi connectivity index (χ1) is 42.7. The Hall–Kier alpha value is -7.08. The van der Waals surface area contributed by atoms with Crippen molar-refractivity contribution in [2.24, 2.45) is 83.1 Å². The van der Waals surface area contributed by atoms with E-state index in [1.54, 1.807) is 27.7 Å². The highest BCUT2D eigenvalue weighted by Crippen LogP contribution is 2.63. The van der Waals surface area contributed by atoms with E-state index < -0.39 is 182 Å². The molecule has 2 aromatic rings. The van der Waals surface area contributed by atoms with Gasteiger partial charge in [-0.1, -0.05) is 34.6 Å². The number of phosphoric ester groups is 1. The summed E-state index contributed by atoms with van der Waals surface area (Å²) in [6.45, 7) is 15.3. The number of carboxylic acids is 1. The van der Waals surface area contributed by atoms with Crippen LogP contribution in [0, 0.1) is 53.3 Å². The number of phosphoric acid groups is 1. The van der Waals surface area contributed by atoms with Crippen LogP contribution in [0.4, 0.5) is 0 Å². The first-order valence-electron chi connectivity index (χ1n) is 30.8. The Morgan fingerprint density at radius 2 is 1.49 bits per heavy atom. The highest BCUT2D eigenvalue weighted by Gasteiger charge is 2.67. The fourth-order valence-corrected chi connectivity index (χ4v) is 16.5. The van der Waals surface area contributed by atoms with Crippen molar-refractivity contribution in [3.8, 4) is 0 Å². The maximum Gasteiger partial charge on any atom is 0.472 e. The van der Waals surface area contributed by atoms with Crippen LogP contribution < -0.4 is 39.3 Å². The number of primary amides is 5. The van der Waals surface area contributed by atoms with E-state index in [9.17, 15) is 68.6 Å². The molecule has 0 radical (unpaired) electrons. The van der Waals surface area contributed by atoms with Gasteiger partial charge in [-0.2, -0.15) is 0 Å². The molecule has 6 aliphatic rings. The molecule has 6 aliphatic heterocycles. The molecule has 2 saturated heterocycles. The Bertz CT molecular complexity index is 3620. The van der Waals surface area contributed by atoms with E-state index in [1.165, 1.54) is 30.8 Å². The van der Waals surface area contributed by atoms with Gasteiger partial charge in [0, 0.05) is 119 Å². The summed E-state index contributed by atoms with van der Waals surface area (Å²) in [5.41, 5.74) is 24.4. The molecule has 2 fully saturated rings. The minimum Gasteiger partial charge on any atom is -0.481 e. The number of benzene rings is 1. The van der Waals surface area contributed by atoms with Gasteiger partial charge in [0.15, 0.2) is 6.23 Å². The summed E-state index contributed by atoms with van der Waals surface area (Å²) in [7, 11) is -5.10. The van der Waals surface area contributed by atoms with Gasteiger partial charge in [-0.15, -0.1) is 0 Å². The van der Waals surface area contributed by atoms with Crippen molar-refractivity contribution in [1.29, 1.82) is 0 Å². The van der Waals surface area contributed by atoms with E-state index in [2.05, 4.69) is 15.6 Å². The van der Waals surface area contributed by atoms with E-state index in [4.69, 9.17) is 57.4 Å². The number of aliphatic imine (C=N–C) groups is 3. The number of imidazole rings is 1. The molecule has 18 N–H and O–H groups in total. The fourth-order valence-electron chi connectivity index (χ4n) is 15.3. The van der Waals surface area contributed by atoms with Crippen molar-refractivity contribution < 1.29 is 82.3 Å².